The van der Waals surface area contributed by atoms with Gasteiger partial charge in [-0.25, -0.2) is 0 Å². The monoisotopic (exact) mass is 350 g/mol. The molecule has 2 aromatic rings. The summed E-state index contributed by atoms with van der Waals surface area (Å²) in [7, 11) is 0. The Morgan fingerprint density at radius 1 is 1.09 bits per heavy atom. The van der Waals surface area contributed by atoms with Gasteiger partial charge in [-0.15, -0.1) is 11.8 Å². The molecule has 2 aromatic carbocycles. The Bertz CT molecular complexity index is 597. The highest BCUT2D eigenvalue weighted by atomic mass is 35.5. The lowest BCUT2D eigenvalue weighted by Gasteiger charge is -2.10. The van der Waals surface area contributed by atoms with Crippen LogP contribution < -0.4 is 10.6 Å². The van der Waals surface area contributed by atoms with Crippen LogP contribution in [0.4, 0.5) is 5.69 Å². The molecule has 0 unspecified atom stereocenters. The quantitative estimate of drug-likeness (QED) is 0.436. The van der Waals surface area contributed by atoms with E-state index >= 15 is 0 Å². The second kappa shape index (κ2) is 9.03. The van der Waals surface area contributed by atoms with E-state index in [4.69, 9.17) is 23.8 Å². The third kappa shape index (κ3) is 5.87. The number of thioether (sulfide) groups is 1. The number of anilines is 1. The number of aryl methyl sites for hydroxylation is 1. The fourth-order valence-corrected chi connectivity index (χ4v) is 2.98. The van der Waals surface area contributed by atoms with Crippen LogP contribution in [0.15, 0.2) is 53.4 Å². The van der Waals surface area contributed by atoms with Crippen LogP contribution in [0, 0.1) is 0 Å². The van der Waals surface area contributed by atoms with Crippen molar-refractivity contribution >= 4 is 46.4 Å². The maximum atomic E-state index is 5.86. The zero-order valence-electron chi connectivity index (χ0n) is 12.4. The maximum Gasteiger partial charge on any atom is 0.170 e. The minimum atomic E-state index is 0.654. The lowest BCUT2D eigenvalue weighted by molar-refractivity contribution is 0.990. The molecule has 0 heterocycles. The standard InChI is InChI=1S/C17H19ClN2S2/c1-2-13-3-7-15(8-4-13)20-17(21)19-11-12-22-16-9-5-14(18)6-10-16/h3-10H,2,11-12H2,1H3,(H2,19,20,21). The molecule has 0 fully saturated rings. The van der Waals surface area contributed by atoms with E-state index < -0.39 is 0 Å². The topological polar surface area (TPSA) is 24.1 Å². The van der Waals surface area contributed by atoms with Crippen LogP contribution in [0.3, 0.4) is 0 Å². The number of thiocarbonyl (C=S) groups is 1. The summed E-state index contributed by atoms with van der Waals surface area (Å²) in [6.07, 6.45) is 1.05. The highest BCUT2D eigenvalue weighted by Gasteiger charge is 1.99. The Morgan fingerprint density at radius 3 is 2.41 bits per heavy atom. The van der Waals surface area contributed by atoms with Gasteiger partial charge in [0.2, 0.25) is 0 Å². The zero-order chi connectivity index (χ0) is 15.8. The van der Waals surface area contributed by atoms with Crippen molar-refractivity contribution < 1.29 is 0 Å². The molecule has 0 aromatic heterocycles. The number of rotatable bonds is 6. The predicted octanol–water partition coefficient (Wildman–Crippen LogP) is 4.98. The number of halogens is 1. The van der Waals surface area contributed by atoms with E-state index in [1.54, 1.807) is 11.8 Å². The molecule has 0 radical (unpaired) electrons. The van der Waals surface area contributed by atoms with Crippen LogP contribution in [0.2, 0.25) is 5.02 Å². The lowest BCUT2D eigenvalue weighted by atomic mass is 10.1. The van der Waals surface area contributed by atoms with Gasteiger partial charge in [0.1, 0.15) is 0 Å². The van der Waals surface area contributed by atoms with Crippen LogP contribution in [0.5, 0.6) is 0 Å². The van der Waals surface area contributed by atoms with Crippen LogP contribution >= 0.6 is 35.6 Å². The molecule has 0 bridgehead atoms. The molecule has 5 heteroatoms. The van der Waals surface area contributed by atoms with Crippen molar-refractivity contribution in [3.63, 3.8) is 0 Å². The summed E-state index contributed by atoms with van der Waals surface area (Å²) < 4.78 is 0. The van der Waals surface area contributed by atoms with Crippen LogP contribution in [0.1, 0.15) is 12.5 Å². The average molecular weight is 351 g/mol. The van der Waals surface area contributed by atoms with Crippen molar-refractivity contribution in [3.05, 3.63) is 59.1 Å². The molecule has 0 aliphatic rings. The number of hydrogen-bond donors (Lipinski definition) is 2. The van der Waals surface area contributed by atoms with Crippen molar-refractivity contribution in [1.29, 1.82) is 0 Å². The minimum absolute atomic E-state index is 0.654. The molecule has 2 N–H and O–H groups in total. The van der Waals surface area contributed by atoms with Gasteiger partial charge < -0.3 is 10.6 Å². The molecular weight excluding hydrogens is 332 g/mol. The zero-order valence-corrected chi connectivity index (χ0v) is 14.8. The second-order valence-corrected chi connectivity index (χ2v) is 6.75. The van der Waals surface area contributed by atoms with Crippen molar-refractivity contribution in [2.45, 2.75) is 18.2 Å². The molecule has 0 aliphatic carbocycles. The van der Waals surface area contributed by atoms with Gasteiger partial charge in [0.05, 0.1) is 0 Å². The van der Waals surface area contributed by atoms with Gasteiger partial charge in [-0.1, -0.05) is 30.7 Å². The maximum absolute atomic E-state index is 5.86. The molecule has 2 nitrogen and oxygen atoms in total. The number of hydrogen-bond acceptors (Lipinski definition) is 2. The van der Waals surface area contributed by atoms with Crippen molar-refractivity contribution in [2.24, 2.45) is 0 Å². The average Bonchev–Trinajstić information content (AvgIpc) is 2.54. The highest BCUT2D eigenvalue weighted by Crippen LogP contribution is 2.19. The second-order valence-electron chi connectivity index (χ2n) is 4.73. The summed E-state index contributed by atoms with van der Waals surface area (Å²) in [4.78, 5) is 1.21. The van der Waals surface area contributed by atoms with Gasteiger partial charge in [-0.3, -0.25) is 0 Å². The third-order valence-electron chi connectivity index (χ3n) is 3.09. The van der Waals surface area contributed by atoms with Gasteiger partial charge in [-0.05, 0) is 60.6 Å². The minimum Gasteiger partial charge on any atom is -0.362 e. The van der Waals surface area contributed by atoms with Gasteiger partial charge >= 0.3 is 0 Å². The van der Waals surface area contributed by atoms with E-state index in [0.717, 1.165) is 29.4 Å². The molecule has 22 heavy (non-hydrogen) atoms. The summed E-state index contributed by atoms with van der Waals surface area (Å²) in [5.74, 6) is 0.943. The summed E-state index contributed by atoms with van der Waals surface area (Å²) in [6.45, 7) is 2.96. The molecule has 2 rings (SSSR count). The predicted molar refractivity (Wildman–Crippen MR) is 102 cm³/mol. The molecule has 0 amide bonds. The van der Waals surface area contributed by atoms with E-state index in [1.807, 2.05) is 24.3 Å². The first-order valence-electron chi connectivity index (χ1n) is 7.19. The summed E-state index contributed by atoms with van der Waals surface area (Å²) in [5.41, 5.74) is 2.34. The first kappa shape index (κ1) is 17.1. The first-order valence-corrected chi connectivity index (χ1v) is 8.96. The summed E-state index contributed by atoms with van der Waals surface area (Å²) in [5, 5.41) is 7.83. The van der Waals surface area contributed by atoms with E-state index in [0.29, 0.717) is 5.11 Å². The fraction of sp³-hybridized carbons (Fsp3) is 0.235. The Labute approximate surface area is 146 Å². The van der Waals surface area contributed by atoms with Crippen molar-refractivity contribution in [1.82, 2.24) is 5.32 Å². The van der Waals surface area contributed by atoms with Gasteiger partial charge in [0.25, 0.3) is 0 Å². The van der Waals surface area contributed by atoms with Crippen molar-refractivity contribution in [2.75, 3.05) is 17.6 Å². The molecular formula is C17H19ClN2S2. The number of benzene rings is 2. The normalized spacial score (nSPS) is 10.3. The fourth-order valence-electron chi connectivity index (χ4n) is 1.86. The van der Waals surface area contributed by atoms with Gasteiger partial charge in [-0.2, -0.15) is 0 Å². The Kier molecular flexibility index (Phi) is 7.03. The SMILES string of the molecule is CCc1ccc(NC(=S)NCCSc2ccc(Cl)cc2)cc1. The molecule has 0 saturated carbocycles. The Hall–Kier alpha value is -1.23. The van der Waals surface area contributed by atoms with Crippen LogP contribution in [0.25, 0.3) is 0 Å². The molecule has 0 aliphatic heterocycles. The highest BCUT2D eigenvalue weighted by molar-refractivity contribution is 7.99. The van der Waals surface area contributed by atoms with Crippen LogP contribution in [-0.2, 0) is 6.42 Å². The van der Waals surface area contributed by atoms with E-state index in [2.05, 4.69) is 41.8 Å². The summed E-state index contributed by atoms with van der Waals surface area (Å²) in [6, 6.07) is 16.2. The smallest absolute Gasteiger partial charge is 0.170 e. The largest absolute Gasteiger partial charge is 0.362 e. The first-order chi connectivity index (χ1) is 10.7. The summed E-state index contributed by atoms with van der Waals surface area (Å²) >= 11 is 12.9. The van der Waals surface area contributed by atoms with Gasteiger partial charge in [0.15, 0.2) is 5.11 Å². The molecule has 0 atom stereocenters. The molecule has 0 spiro atoms. The Morgan fingerprint density at radius 2 is 1.77 bits per heavy atom. The van der Waals surface area contributed by atoms with Crippen molar-refractivity contribution in [3.8, 4) is 0 Å². The van der Waals surface area contributed by atoms with E-state index in [-0.39, 0.29) is 0 Å². The lowest BCUT2D eigenvalue weighted by Crippen LogP contribution is -2.30. The molecule has 0 saturated heterocycles. The third-order valence-corrected chi connectivity index (χ3v) is 4.60. The Balaban J connectivity index is 1.67. The molecule has 116 valence electrons. The van der Waals surface area contributed by atoms with Crippen LogP contribution in [-0.4, -0.2) is 17.4 Å². The number of nitrogens with one attached hydrogen (secondary N) is 2. The van der Waals surface area contributed by atoms with E-state index in [9.17, 15) is 0 Å². The van der Waals surface area contributed by atoms with Gasteiger partial charge in [0, 0.05) is 27.9 Å². The van der Waals surface area contributed by atoms with E-state index in [1.165, 1.54) is 10.5 Å².